The summed E-state index contributed by atoms with van der Waals surface area (Å²) >= 11 is 12.5. The van der Waals surface area contributed by atoms with Gasteiger partial charge < -0.3 is 0 Å². The van der Waals surface area contributed by atoms with Crippen molar-refractivity contribution in [2.75, 3.05) is 17.3 Å². The van der Waals surface area contributed by atoms with Crippen molar-refractivity contribution >= 4 is 56.1 Å². The third-order valence-electron chi connectivity index (χ3n) is 2.09. The van der Waals surface area contributed by atoms with E-state index in [4.69, 9.17) is 0 Å². The minimum atomic E-state index is 0.709. The predicted molar refractivity (Wildman–Crippen MR) is 92.9 cm³/mol. The highest BCUT2D eigenvalue weighted by Gasteiger charge is 1.96. The first kappa shape index (κ1) is 15.5. The summed E-state index contributed by atoms with van der Waals surface area (Å²) in [6.07, 6.45) is 12.0. The highest BCUT2D eigenvalue weighted by atomic mass is 32.1. The van der Waals surface area contributed by atoms with Crippen molar-refractivity contribution in [3.8, 4) is 0 Å². The molecule has 0 spiro atoms. The van der Waals surface area contributed by atoms with Crippen molar-refractivity contribution in [2.24, 2.45) is 0 Å². The number of thiol groups is 3. The van der Waals surface area contributed by atoms with Crippen LogP contribution in [0.15, 0.2) is 30.4 Å². The van der Waals surface area contributed by atoms with Gasteiger partial charge in [-0.25, -0.2) is 4.98 Å². The Morgan fingerprint density at radius 3 is 1.67 bits per heavy atom. The van der Waals surface area contributed by atoms with Gasteiger partial charge in [-0.2, -0.15) is 37.9 Å². The van der Waals surface area contributed by atoms with E-state index in [0.29, 0.717) is 11.5 Å². The number of nitrogens with zero attached hydrogens (tertiary/aromatic N) is 1. The quantitative estimate of drug-likeness (QED) is 0.676. The maximum absolute atomic E-state index is 4.52. The van der Waals surface area contributed by atoms with Crippen LogP contribution < -0.4 is 0 Å². The first-order valence-corrected chi connectivity index (χ1v) is 7.54. The fourth-order valence-electron chi connectivity index (χ4n) is 1.40. The number of rotatable bonds is 6. The van der Waals surface area contributed by atoms with Crippen molar-refractivity contribution < 1.29 is 0 Å². The molecule has 0 radical (unpaired) electrons. The minimum Gasteiger partial charge on any atom is -0.249 e. The van der Waals surface area contributed by atoms with E-state index in [1.54, 1.807) is 0 Å². The molecule has 0 aliphatic rings. The van der Waals surface area contributed by atoms with E-state index in [1.165, 1.54) is 0 Å². The van der Waals surface area contributed by atoms with Gasteiger partial charge in [0.15, 0.2) is 0 Å². The van der Waals surface area contributed by atoms with Crippen LogP contribution in [-0.2, 0) is 0 Å². The third-order valence-corrected chi connectivity index (χ3v) is 2.72. The van der Waals surface area contributed by atoms with Crippen molar-refractivity contribution in [3.05, 3.63) is 47.3 Å². The van der Waals surface area contributed by atoms with Crippen molar-refractivity contribution in [3.63, 3.8) is 0 Å². The first-order valence-electron chi connectivity index (χ1n) is 5.64. The zero-order valence-electron chi connectivity index (χ0n) is 10.0. The number of aromatic nitrogens is 1. The largest absolute Gasteiger partial charge is 0.249 e. The maximum atomic E-state index is 4.52. The van der Waals surface area contributed by atoms with Gasteiger partial charge in [-0.1, -0.05) is 24.3 Å². The normalized spacial score (nSPS) is 12.2. The highest BCUT2D eigenvalue weighted by Crippen LogP contribution is 2.11. The fraction of sp³-hybridized carbons (Fsp3) is 0.214. The molecule has 18 heavy (non-hydrogen) atoms. The molecule has 0 saturated heterocycles. The van der Waals surface area contributed by atoms with E-state index in [0.717, 1.165) is 22.7 Å². The van der Waals surface area contributed by atoms with Crippen LogP contribution in [0.25, 0.3) is 18.2 Å². The van der Waals surface area contributed by atoms with Crippen LogP contribution >= 0.6 is 37.9 Å². The molecule has 0 aromatic carbocycles. The summed E-state index contributed by atoms with van der Waals surface area (Å²) in [5, 5.41) is 0. The summed E-state index contributed by atoms with van der Waals surface area (Å²) in [4.78, 5) is 4.52. The lowest BCUT2D eigenvalue weighted by molar-refractivity contribution is 1.26. The molecule has 1 heterocycles. The molecule has 1 rings (SSSR count). The Morgan fingerprint density at radius 2 is 1.22 bits per heavy atom. The summed E-state index contributed by atoms with van der Waals surface area (Å²) in [5.74, 6) is 2.15. The Morgan fingerprint density at radius 1 is 0.778 bits per heavy atom. The monoisotopic (exact) mass is 295 g/mol. The van der Waals surface area contributed by atoms with Gasteiger partial charge in [-0.05, 0) is 29.8 Å². The summed E-state index contributed by atoms with van der Waals surface area (Å²) in [6, 6.07) is 4.08. The van der Waals surface area contributed by atoms with E-state index in [2.05, 4.69) is 42.9 Å². The van der Waals surface area contributed by atoms with E-state index in [9.17, 15) is 0 Å². The molecule has 0 amide bonds. The van der Waals surface area contributed by atoms with Crippen molar-refractivity contribution in [2.45, 2.75) is 0 Å². The zero-order chi connectivity index (χ0) is 13.2. The molecule has 1 nitrogen and oxygen atoms in total. The molecule has 0 N–H and O–H groups in total. The van der Waals surface area contributed by atoms with Crippen LogP contribution in [0.2, 0.25) is 0 Å². The Labute approximate surface area is 125 Å². The van der Waals surface area contributed by atoms with E-state index in [1.807, 2.05) is 48.6 Å². The van der Waals surface area contributed by atoms with Gasteiger partial charge in [0.05, 0.1) is 11.4 Å². The highest BCUT2D eigenvalue weighted by molar-refractivity contribution is 7.80. The van der Waals surface area contributed by atoms with Crippen molar-refractivity contribution in [1.82, 2.24) is 4.98 Å². The van der Waals surface area contributed by atoms with E-state index < -0.39 is 0 Å². The maximum Gasteiger partial charge on any atom is 0.0640 e. The lowest BCUT2D eigenvalue weighted by Gasteiger charge is -2.01. The van der Waals surface area contributed by atoms with Crippen LogP contribution in [-0.4, -0.2) is 22.2 Å². The predicted octanol–water partition coefficient (Wildman–Crippen LogP) is 3.91. The average Bonchev–Trinajstić information content (AvgIpc) is 2.40. The lowest BCUT2D eigenvalue weighted by Crippen LogP contribution is -1.88. The van der Waals surface area contributed by atoms with Crippen LogP contribution in [0.1, 0.15) is 17.0 Å². The molecule has 0 bridgehead atoms. The molecule has 96 valence electrons. The summed E-state index contributed by atoms with van der Waals surface area (Å²) in [7, 11) is 0. The second-order valence-corrected chi connectivity index (χ2v) is 4.60. The summed E-state index contributed by atoms with van der Waals surface area (Å²) < 4.78 is 0. The second kappa shape index (κ2) is 9.36. The Hall–Kier alpha value is -0.580. The van der Waals surface area contributed by atoms with Gasteiger partial charge in [0.2, 0.25) is 0 Å². The minimum absolute atomic E-state index is 0.709. The van der Waals surface area contributed by atoms with Crippen LogP contribution in [0.4, 0.5) is 0 Å². The average molecular weight is 295 g/mol. The molecule has 1 aromatic rings. The number of hydrogen-bond acceptors (Lipinski definition) is 4. The Balaban J connectivity index is 3.06. The molecule has 4 heteroatoms. The topological polar surface area (TPSA) is 12.9 Å². The van der Waals surface area contributed by atoms with Gasteiger partial charge in [0, 0.05) is 17.3 Å². The molecular formula is C14H17NS3. The molecule has 0 unspecified atom stereocenters. The van der Waals surface area contributed by atoms with Gasteiger partial charge in [0.25, 0.3) is 0 Å². The van der Waals surface area contributed by atoms with Gasteiger partial charge in [0.1, 0.15) is 0 Å². The smallest absolute Gasteiger partial charge is 0.0640 e. The summed E-state index contributed by atoms with van der Waals surface area (Å²) in [5.41, 5.74) is 2.99. The van der Waals surface area contributed by atoms with Crippen molar-refractivity contribution in [1.29, 1.82) is 0 Å². The van der Waals surface area contributed by atoms with Crippen LogP contribution in [0.3, 0.4) is 0 Å². The Kier molecular flexibility index (Phi) is 8.05. The van der Waals surface area contributed by atoms with Gasteiger partial charge >= 0.3 is 0 Å². The molecular weight excluding hydrogens is 278 g/mol. The van der Waals surface area contributed by atoms with E-state index in [-0.39, 0.29) is 0 Å². The SMILES string of the molecule is SCC=Cc1cc(C=CCS)nc(C=CCS)c1. The first-order chi connectivity index (χ1) is 8.80. The molecule has 1 aromatic heterocycles. The molecule has 0 aliphatic carbocycles. The number of pyridine rings is 1. The fourth-order valence-corrected chi connectivity index (χ4v) is 1.72. The van der Waals surface area contributed by atoms with Crippen LogP contribution in [0, 0.1) is 0 Å². The van der Waals surface area contributed by atoms with Crippen LogP contribution in [0.5, 0.6) is 0 Å². The zero-order valence-corrected chi connectivity index (χ0v) is 12.7. The molecule has 0 fully saturated rings. The van der Waals surface area contributed by atoms with E-state index >= 15 is 0 Å². The Bertz CT molecular complexity index is 371. The number of hydrogen-bond donors (Lipinski definition) is 3. The van der Waals surface area contributed by atoms with Gasteiger partial charge in [-0.15, -0.1) is 0 Å². The standard InChI is InChI=1S/C14H17NS3/c16-7-1-4-12-10-13(5-2-8-17)15-14(11-12)6-3-9-18/h1-6,10-11,16-18H,7-9H2. The molecule has 0 atom stereocenters. The molecule has 0 aliphatic heterocycles. The summed E-state index contributed by atoms with van der Waals surface area (Å²) in [6.45, 7) is 0. The molecule has 0 saturated carbocycles. The second-order valence-electron chi connectivity index (χ2n) is 3.51. The lowest BCUT2D eigenvalue weighted by atomic mass is 10.1. The third kappa shape index (κ3) is 5.85. The van der Waals surface area contributed by atoms with Gasteiger partial charge in [-0.3, -0.25) is 0 Å².